The van der Waals surface area contributed by atoms with Crippen molar-refractivity contribution in [1.82, 2.24) is 9.88 Å². The summed E-state index contributed by atoms with van der Waals surface area (Å²) in [7, 11) is 0. The molecule has 158 valence electrons. The molecule has 3 rings (SSSR count). The highest BCUT2D eigenvalue weighted by Crippen LogP contribution is 2.35. The van der Waals surface area contributed by atoms with Crippen LogP contribution < -0.4 is 5.32 Å². The molecule has 1 aliphatic heterocycles. The quantitative estimate of drug-likeness (QED) is 0.687. The van der Waals surface area contributed by atoms with Gasteiger partial charge >= 0.3 is 5.97 Å². The van der Waals surface area contributed by atoms with E-state index in [2.05, 4.69) is 15.2 Å². The van der Waals surface area contributed by atoms with Gasteiger partial charge in [0.15, 0.2) is 0 Å². The number of esters is 1. The average molecular weight is 418 g/mol. The molecular formula is C22H31N3O3S. The van der Waals surface area contributed by atoms with Gasteiger partial charge in [0, 0.05) is 17.1 Å². The highest BCUT2D eigenvalue weighted by atomic mass is 32.1. The van der Waals surface area contributed by atoms with Gasteiger partial charge in [0.05, 0.1) is 18.8 Å². The average Bonchev–Trinajstić information content (AvgIpc) is 3.14. The van der Waals surface area contributed by atoms with Gasteiger partial charge in [-0.25, -0.2) is 4.79 Å². The molecule has 0 spiro atoms. The molecule has 0 aliphatic carbocycles. The van der Waals surface area contributed by atoms with Gasteiger partial charge in [-0.3, -0.25) is 14.7 Å². The number of nitrogens with zero attached hydrogens (tertiary/aromatic N) is 2. The van der Waals surface area contributed by atoms with Crippen LogP contribution in [-0.2, 0) is 9.53 Å². The molecular weight excluding hydrogens is 386 g/mol. The summed E-state index contributed by atoms with van der Waals surface area (Å²) in [5.41, 5.74) is 2.80. The van der Waals surface area contributed by atoms with Crippen LogP contribution in [-0.4, -0.2) is 48.0 Å². The molecule has 0 unspecified atom stereocenters. The first-order chi connectivity index (χ1) is 14.1. The predicted molar refractivity (Wildman–Crippen MR) is 119 cm³/mol. The standard InChI is InChI=1S/C20H25N3O3S.C2H6/c1-3-26-20(25)18-15(16-8-7-14(2)11-21-16)13-27-19(18)22-17(24)12-23-9-5-4-6-10-23;1-2/h7-8,11,13H,3-6,9-10,12H2,1-2H3,(H,22,24);1-2H3. The van der Waals surface area contributed by atoms with Crippen LogP contribution in [0.3, 0.4) is 0 Å². The van der Waals surface area contributed by atoms with Crippen molar-refractivity contribution in [3.8, 4) is 11.3 Å². The van der Waals surface area contributed by atoms with Crippen LogP contribution in [0.1, 0.15) is 56.0 Å². The van der Waals surface area contributed by atoms with Gasteiger partial charge < -0.3 is 10.1 Å². The number of pyridine rings is 1. The molecule has 0 atom stereocenters. The lowest BCUT2D eigenvalue weighted by Crippen LogP contribution is -2.36. The lowest BCUT2D eigenvalue weighted by atomic mass is 10.1. The molecule has 0 bridgehead atoms. The van der Waals surface area contributed by atoms with E-state index in [0.717, 1.165) is 31.5 Å². The first-order valence-corrected chi connectivity index (χ1v) is 11.2. The fourth-order valence-corrected chi connectivity index (χ4v) is 4.12. The summed E-state index contributed by atoms with van der Waals surface area (Å²) >= 11 is 1.33. The van der Waals surface area contributed by atoms with Crippen LogP contribution in [0.4, 0.5) is 5.00 Å². The third-order valence-electron chi connectivity index (χ3n) is 4.53. The second kappa shape index (κ2) is 11.7. The number of anilines is 1. The third kappa shape index (κ3) is 6.37. The fraction of sp³-hybridized carbons (Fsp3) is 0.500. The van der Waals surface area contributed by atoms with Crippen molar-refractivity contribution >= 4 is 28.2 Å². The van der Waals surface area contributed by atoms with Crippen molar-refractivity contribution in [3.63, 3.8) is 0 Å². The van der Waals surface area contributed by atoms with E-state index in [1.54, 1.807) is 13.1 Å². The smallest absolute Gasteiger partial charge is 0.341 e. The Hall–Kier alpha value is -2.25. The number of amides is 1. The van der Waals surface area contributed by atoms with Gasteiger partial charge in [0.1, 0.15) is 10.6 Å². The van der Waals surface area contributed by atoms with Crippen LogP contribution >= 0.6 is 11.3 Å². The minimum absolute atomic E-state index is 0.104. The molecule has 0 saturated carbocycles. The molecule has 2 aromatic heterocycles. The maximum absolute atomic E-state index is 12.6. The number of nitrogens with one attached hydrogen (secondary N) is 1. The van der Waals surface area contributed by atoms with E-state index in [-0.39, 0.29) is 12.5 Å². The van der Waals surface area contributed by atoms with Crippen molar-refractivity contribution in [2.24, 2.45) is 0 Å². The van der Waals surface area contributed by atoms with E-state index >= 15 is 0 Å². The number of hydrogen-bond donors (Lipinski definition) is 1. The molecule has 1 N–H and O–H groups in total. The number of ether oxygens (including phenoxy) is 1. The first-order valence-electron chi connectivity index (χ1n) is 10.3. The van der Waals surface area contributed by atoms with Crippen LogP contribution in [0.2, 0.25) is 0 Å². The Morgan fingerprint density at radius 1 is 1.21 bits per heavy atom. The van der Waals surface area contributed by atoms with Crippen molar-refractivity contribution in [1.29, 1.82) is 0 Å². The zero-order valence-corrected chi connectivity index (χ0v) is 18.6. The number of hydrogen-bond acceptors (Lipinski definition) is 6. The van der Waals surface area contributed by atoms with E-state index in [1.807, 2.05) is 38.3 Å². The summed E-state index contributed by atoms with van der Waals surface area (Å²) in [6.45, 7) is 10.2. The minimum Gasteiger partial charge on any atom is -0.462 e. The maximum atomic E-state index is 12.6. The van der Waals surface area contributed by atoms with E-state index in [4.69, 9.17) is 4.74 Å². The van der Waals surface area contributed by atoms with E-state index < -0.39 is 5.97 Å². The molecule has 0 aromatic carbocycles. The Kier molecular flexibility index (Phi) is 9.28. The summed E-state index contributed by atoms with van der Waals surface area (Å²) in [6, 6.07) is 3.82. The number of carbonyl (C=O) groups excluding carboxylic acids is 2. The normalized spacial score (nSPS) is 13.9. The van der Waals surface area contributed by atoms with Crippen molar-refractivity contribution in [2.45, 2.75) is 47.0 Å². The zero-order chi connectivity index (χ0) is 21.2. The second-order valence-corrected chi connectivity index (χ2v) is 7.56. The van der Waals surface area contributed by atoms with E-state index in [9.17, 15) is 9.59 Å². The van der Waals surface area contributed by atoms with Crippen LogP contribution in [0, 0.1) is 6.92 Å². The Morgan fingerprint density at radius 3 is 2.55 bits per heavy atom. The monoisotopic (exact) mass is 417 g/mol. The van der Waals surface area contributed by atoms with Gasteiger partial charge in [0.25, 0.3) is 0 Å². The number of likely N-dealkylation sites (tertiary alicyclic amines) is 1. The van der Waals surface area contributed by atoms with E-state index in [1.165, 1.54) is 17.8 Å². The highest BCUT2D eigenvalue weighted by Gasteiger charge is 2.24. The SMILES string of the molecule is CC.CCOC(=O)c1c(-c2ccc(C)cn2)csc1NC(=O)CN1CCCCC1. The first kappa shape index (κ1) is 23.0. The van der Waals surface area contributed by atoms with Gasteiger partial charge in [0.2, 0.25) is 5.91 Å². The molecule has 1 amide bonds. The molecule has 7 heteroatoms. The highest BCUT2D eigenvalue weighted by molar-refractivity contribution is 7.15. The van der Waals surface area contributed by atoms with Crippen LogP contribution in [0.25, 0.3) is 11.3 Å². The number of carbonyl (C=O) groups is 2. The number of rotatable bonds is 6. The van der Waals surface area contributed by atoms with Crippen LogP contribution in [0.5, 0.6) is 0 Å². The Balaban J connectivity index is 0.00000145. The lowest BCUT2D eigenvalue weighted by molar-refractivity contribution is -0.117. The minimum atomic E-state index is -0.440. The third-order valence-corrected chi connectivity index (χ3v) is 5.42. The topological polar surface area (TPSA) is 71.5 Å². The summed E-state index contributed by atoms with van der Waals surface area (Å²) in [5.74, 6) is -0.544. The molecule has 1 fully saturated rings. The van der Waals surface area contributed by atoms with Crippen molar-refractivity contribution in [2.75, 3.05) is 31.6 Å². The maximum Gasteiger partial charge on any atom is 0.341 e. The van der Waals surface area contributed by atoms with Gasteiger partial charge in [-0.05, 0) is 51.4 Å². The number of piperidine rings is 1. The van der Waals surface area contributed by atoms with Gasteiger partial charge in [-0.15, -0.1) is 11.3 Å². The van der Waals surface area contributed by atoms with Crippen molar-refractivity contribution in [3.05, 3.63) is 34.8 Å². The second-order valence-electron chi connectivity index (χ2n) is 6.68. The molecule has 2 aromatic rings. The molecule has 29 heavy (non-hydrogen) atoms. The number of aryl methyl sites for hydroxylation is 1. The molecule has 6 nitrogen and oxygen atoms in total. The molecule has 1 saturated heterocycles. The number of thiophene rings is 1. The largest absolute Gasteiger partial charge is 0.462 e. The molecule has 1 aliphatic rings. The Morgan fingerprint density at radius 2 is 1.93 bits per heavy atom. The summed E-state index contributed by atoms with van der Waals surface area (Å²) in [5, 5.41) is 5.28. The van der Waals surface area contributed by atoms with Crippen molar-refractivity contribution < 1.29 is 14.3 Å². The number of aromatic nitrogens is 1. The van der Waals surface area contributed by atoms with E-state index in [0.29, 0.717) is 28.4 Å². The summed E-state index contributed by atoms with van der Waals surface area (Å²) < 4.78 is 5.22. The molecule has 0 radical (unpaired) electrons. The van der Waals surface area contributed by atoms with Gasteiger partial charge in [-0.1, -0.05) is 26.3 Å². The van der Waals surface area contributed by atoms with Gasteiger partial charge in [-0.2, -0.15) is 0 Å². The summed E-state index contributed by atoms with van der Waals surface area (Å²) in [4.78, 5) is 31.6. The lowest BCUT2D eigenvalue weighted by Gasteiger charge is -2.25. The molecule has 3 heterocycles. The Labute approximate surface area is 177 Å². The fourth-order valence-electron chi connectivity index (χ4n) is 3.16. The zero-order valence-electron chi connectivity index (χ0n) is 17.8. The predicted octanol–water partition coefficient (Wildman–Crippen LogP) is 4.75. The Bertz CT molecular complexity index is 796. The summed E-state index contributed by atoms with van der Waals surface area (Å²) in [6.07, 6.45) is 5.24. The van der Waals surface area contributed by atoms with Crippen LogP contribution in [0.15, 0.2) is 23.7 Å².